The van der Waals surface area contributed by atoms with Crippen LogP contribution in [-0.2, 0) is 33.6 Å². The largest absolute Gasteiger partial charge is 0.480 e. The van der Waals surface area contributed by atoms with E-state index in [2.05, 4.69) is 39.2 Å². The summed E-state index contributed by atoms with van der Waals surface area (Å²) >= 11 is 3.80. The van der Waals surface area contributed by atoms with Crippen molar-refractivity contribution in [1.29, 1.82) is 0 Å². The van der Waals surface area contributed by atoms with Crippen LogP contribution in [0.3, 0.4) is 0 Å². The number of hydrogen-bond acceptors (Lipinski definition) is 9. The van der Waals surface area contributed by atoms with Gasteiger partial charge in [0.05, 0.1) is 6.54 Å². The molecular formula is C25H33N5O11S. The summed E-state index contributed by atoms with van der Waals surface area (Å²) in [6.45, 7) is -0.632. The van der Waals surface area contributed by atoms with Crippen LogP contribution >= 0.6 is 12.6 Å². The van der Waals surface area contributed by atoms with Gasteiger partial charge in [0.1, 0.15) is 18.1 Å². The predicted octanol–water partition coefficient (Wildman–Crippen LogP) is -1.88. The van der Waals surface area contributed by atoms with Crippen molar-refractivity contribution < 1.29 is 53.7 Å². The van der Waals surface area contributed by atoms with Gasteiger partial charge in [-0.1, -0.05) is 18.2 Å². The second-order valence-electron chi connectivity index (χ2n) is 8.78. The second-order valence-corrected chi connectivity index (χ2v) is 9.15. The van der Waals surface area contributed by atoms with E-state index in [9.17, 15) is 48.6 Å². The Kier molecular flexibility index (Phi) is 15.7. The van der Waals surface area contributed by atoms with E-state index in [0.717, 1.165) is 0 Å². The molecule has 1 rings (SSSR count). The van der Waals surface area contributed by atoms with Crippen LogP contribution in [0.5, 0.6) is 0 Å². The Morgan fingerprint density at radius 2 is 1.12 bits per heavy atom. The zero-order valence-corrected chi connectivity index (χ0v) is 23.2. The molecule has 42 heavy (non-hydrogen) atoms. The quantitative estimate of drug-likeness (QED) is 0.0782. The van der Waals surface area contributed by atoms with Gasteiger partial charge in [-0.05, 0) is 25.0 Å². The first-order valence-electron chi connectivity index (χ1n) is 12.6. The van der Waals surface area contributed by atoms with Gasteiger partial charge >= 0.3 is 17.9 Å². The molecule has 0 radical (unpaired) electrons. The van der Waals surface area contributed by atoms with Gasteiger partial charge in [0.15, 0.2) is 0 Å². The maximum atomic E-state index is 12.3. The minimum atomic E-state index is -1.46. The van der Waals surface area contributed by atoms with Crippen molar-refractivity contribution in [1.82, 2.24) is 26.6 Å². The molecule has 17 heteroatoms. The van der Waals surface area contributed by atoms with Crippen LogP contribution in [0.15, 0.2) is 30.3 Å². The smallest absolute Gasteiger partial charge is 0.327 e. The van der Waals surface area contributed by atoms with E-state index in [4.69, 9.17) is 5.11 Å². The number of hydrogen-bond donors (Lipinski definition) is 9. The van der Waals surface area contributed by atoms with Crippen molar-refractivity contribution in [3.05, 3.63) is 35.9 Å². The minimum Gasteiger partial charge on any atom is -0.480 e. The molecule has 1 aromatic carbocycles. The van der Waals surface area contributed by atoms with E-state index in [1.807, 2.05) is 0 Å². The van der Waals surface area contributed by atoms with Crippen molar-refractivity contribution in [3.8, 4) is 0 Å². The molecule has 0 spiro atoms. The summed E-state index contributed by atoms with van der Waals surface area (Å²) < 4.78 is 0. The van der Waals surface area contributed by atoms with Crippen LogP contribution < -0.4 is 26.6 Å². The number of nitrogens with one attached hydrogen (secondary N) is 5. The number of amides is 5. The highest BCUT2D eigenvalue weighted by Crippen LogP contribution is 2.05. The molecule has 3 atom stereocenters. The molecule has 0 heterocycles. The van der Waals surface area contributed by atoms with Crippen molar-refractivity contribution in [2.24, 2.45) is 0 Å². The van der Waals surface area contributed by atoms with Gasteiger partial charge in [0, 0.05) is 37.1 Å². The summed E-state index contributed by atoms with van der Waals surface area (Å²) in [5.41, 5.74) is 0.223. The normalized spacial score (nSPS) is 12.5. The van der Waals surface area contributed by atoms with Crippen LogP contribution in [-0.4, -0.2) is 99.7 Å². The lowest BCUT2D eigenvalue weighted by Crippen LogP contribution is -2.46. The summed E-state index contributed by atoms with van der Waals surface area (Å²) in [5, 5.41) is 38.9. The maximum absolute atomic E-state index is 12.3. The molecule has 16 nitrogen and oxygen atoms in total. The van der Waals surface area contributed by atoms with Crippen LogP contribution in [0.25, 0.3) is 0 Å². The summed E-state index contributed by atoms with van der Waals surface area (Å²) in [6.07, 6.45) is -1.58. The summed E-state index contributed by atoms with van der Waals surface area (Å²) in [7, 11) is 0. The molecule has 0 aliphatic rings. The average Bonchev–Trinajstić information content (AvgIpc) is 2.94. The molecule has 5 amide bonds. The molecule has 230 valence electrons. The van der Waals surface area contributed by atoms with E-state index in [-0.39, 0.29) is 43.5 Å². The zero-order valence-electron chi connectivity index (χ0n) is 22.3. The molecule has 8 N–H and O–H groups in total. The molecule has 1 aromatic rings. The lowest BCUT2D eigenvalue weighted by atomic mass is 10.1. The fraction of sp³-hybridized carbons (Fsp3) is 0.440. The molecule has 0 aliphatic heterocycles. The van der Waals surface area contributed by atoms with E-state index >= 15 is 0 Å². The van der Waals surface area contributed by atoms with Gasteiger partial charge in [-0.25, -0.2) is 14.4 Å². The van der Waals surface area contributed by atoms with Gasteiger partial charge in [-0.15, -0.1) is 0 Å². The molecule has 0 saturated heterocycles. The van der Waals surface area contributed by atoms with E-state index in [1.165, 1.54) is 12.1 Å². The third-order valence-corrected chi connectivity index (χ3v) is 5.89. The first-order valence-corrected chi connectivity index (χ1v) is 13.2. The highest BCUT2D eigenvalue weighted by molar-refractivity contribution is 7.80. The summed E-state index contributed by atoms with van der Waals surface area (Å²) in [4.78, 5) is 93.9. The Labute approximate surface area is 245 Å². The Morgan fingerprint density at radius 3 is 1.67 bits per heavy atom. The van der Waals surface area contributed by atoms with Crippen LogP contribution in [0.4, 0.5) is 0 Å². The fourth-order valence-corrected chi connectivity index (χ4v) is 3.51. The number of carboxylic acid groups (broad SMARTS) is 3. The summed E-state index contributed by atoms with van der Waals surface area (Å²) in [5.74, 6) is -7.66. The first kappa shape index (κ1) is 35.4. The van der Waals surface area contributed by atoms with Crippen LogP contribution in [0.1, 0.15) is 42.5 Å². The van der Waals surface area contributed by atoms with Gasteiger partial charge in [-0.2, -0.15) is 12.6 Å². The number of thiol groups is 1. The number of carbonyl (C=O) groups excluding carboxylic acids is 5. The van der Waals surface area contributed by atoms with Gasteiger partial charge < -0.3 is 41.9 Å². The van der Waals surface area contributed by atoms with E-state index in [0.29, 0.717) is 0 Å². The Bertz CT molecular complexity index is 1150. The van der Waals surface area contributed by atoms with E-state index in [1.54, 1.807) is 18.2 Å². The van der Waals surface area contributed by atoms with Crippen molar-refractivity contribution >= 4 is 60.1 Å². The molecule has 0 aromatic heterocycles. The van der Waals surface area contributed by atoms with E-state index < -0.39 is 78.5 Å². The SMILES string of the molecule is O=C(CCC(NC(=O)CCC(NC(=O)c1ccccc1)C(=O)O)C(=O)O)NCCC(=O)NCC(=O)NC(CS)C(=O)O. The first-order chi connectivity index (χ1) is 19.8. The topological polar surface area (TPSA) is 257 Å². The molecule has 0 aliphatic carbocycles. The van der Waals surface area contributed by atoms with Crippen molar-refractivity contribution in [3.63, 3.8) is 0 Å². The summed E-state index contributed by atoms with van der Waals surface area (Å²) in [6, 6.07) is 3.75. The van der Waals surface area contributed by atoms with Gasteiger partial charge in [0.2, 0.25) is 23.6 Å². The van der Waals surface area contributed by atoms with Crippen molar-refractivity contribution in [2.75, 3.05) is 18.8 Å². The highest BCUT2D eigenvalue weighted by Gasteiger charge is 2.25. The minimum absolute atomic E-state index is 0.143. The molecule has 3 unspecified atom stereocenters. The lowest BCUT2D eigenvalue weighted by molar-refractivity contribution is -0.143. The monoisotopic (exact) mass is 611 g/mol. The lowest BCUT2D eigenvalue weighted by Gasteiger charge is -2.17. The number of aliphatic carboxylic acids is 3. The molecule has 0 bridgehead atoms. The zero-order chi connectivity index (χ0) is 31.7. The van der Waals surface area contributed by atoms with Crippen LogP contribution in [0.2, 0.25) is 0 Å². The highest BCUT2D eigenvalue weighted by atomic mass is 32.1. The Balaban J connectivity index is 2.40. The number of carbonyl (C=O) groups is 8. The van der Waals surface area contributed by atoms with Crippen LogP contribution in [0, 0.1) is 0 Å². The number of carboxylic acids is 3. The molecule has 0 fully saturated rings. The third-order valence-electron chi connectivity index (χ3n) is 5.53. The average molecular weight is 612 g/mol. The number of rotatable bonds is 19. The van der Waals surface area contributed by atoms with Gasteiger partial charge in [0.25, 0.3) is 5.91 Å². The maximum Gasteiger partial charge on any atom is 0.327 e. The fourth-order valence-electron chi connectivity index (χ4n) is 3.27. The van der Waals surface area contributed by atoms with Gasteiger partial charge in [-0.3, -0.25) is 24.0 Å². The molecular weight excluding hydrogens is 578 g/mol. The standard InChI is InChI=1S/C25H33N5O11S/c31-18(26-11-10-19(32)27-12-21(34)29-17(13-42)25(40)41)8-6-15(23(36)37)28-20(33)9-7-16(24(38)39)30-22(35)14-4-2-1-3-5-14/h1-5,15-17,42H,6-13H2,(H,26,31)(H,27,32)(H,28,33)(H,29,34)(H,30,35)(H,36,37)(H,38,39)(H,40,41). The Hall–Kier alpha value is -4.67. The predicted molar refractivity (Wildman–Crippen MR) is 147 cm³/mol. The second kappa shape index (κ2) is 18.6. The Morgan fingerprint density at radius 1 is 0.619 bits per heavy atom. The van der Waals surface area contributed by atoms with Crippen molar-refractivity contribution in [2.45, 2.75) is 50.2 Å². The number of benzene rings is 1. The third kappa shape index (κ3) is 14.1. The molecule has 0 saturated carbocycles.